The summed E-state index contributed by atoms with van der Waals surface area (Å²) in [6, 6.07) is 17.9. The van der Waals surface area contributed by atoms with E-state index in [2.05, 4.69) is 27.9 Å². The number of hydrogen-bond acceptors (Lipinski definition) is 3. The zero-order valence-corrected chi connectivity index (χ0v) is 19.5. The highest BCUT2D eigenvalue weighted by molar-refractivity contribution is 14.1. The van der Waals surface area contributed by atoms with Crippen molar-refractivity contribution >= 4 is 63.5 Å². The van der Waals surface area contributed by atoms with Gasteiger partial charge in [-0.05, 0) is 82.3 Å². The number of carbonyl (C=O) groups is 1. The molecule has 0 aromatic heterocycles. The van der Waals surface area contributed by atoms with E-state index in [0.29, 0.717) is 33.7 Å². The van der Waals surface area contributed by atoms with Gasteiger partial charge in [-0.15, -0.1) is 0 Å². The standard InChI is InChI=1S/C23H14Cl2FIN2O2/c24-19-7-6-18(11-20(19)25)29-23(30)16(12-28)9-15-3-8-22(21(27)10-15)31-13-14-1-4-17(26)5-2-14/h1-11H,13H2,(H,29,30)/b16-9+. The van der Waals surface area contributed by atoms with Crippen LogP contribution in [0, 0.1) is 20.7 Å². The molecule has 0 saturated carbocycles. The predicted molar refractivity (Wildman–Crippen MR) is 129 cm³/mol. The number of nitrogens with one attached hydrogen (secondary N) is 1. The second kappa shape index (κ2) is 10.6. The monoisotopic (exact) mass is 566 g/mol. The minimum atomic E-state index is -0.562. The Morgan fingerprint density at radius 1 is 1.10 bits per heavy atom. The molecule has 3 aromatic carbocycles. The van der Waals surface area contributed by atoms with Crippen LogP contribution in [0.3, 0.4) is 0 Å². The number of benzene rings is 3. The Hall–Kier alpha value is -2.60. The van der Waals surface area contributed by atoms with E-state index in [0.717, 1.165) is 9.13 Å². The second-order valence-corrected chi connectivity index (χ2v) is 8.33. The highest BCUT2D eigenvalue weighted by atomic mass is 127. The maximum Gasteiger partial charge on any atom is 0.266 e. The maximum atomic E-state index is 13.0. The van der Waals surface area contributed by atoms with Crippen LogP contribution in [0.25, 0.3) is 6.08 Å². The molecule has 156 valence electrons. The molecule has 0 aliphatic rings. The van der Waals surface area contributed by atoms with Gasteiger partial charge in [-0.25, -0.2) is 4.39 Å². The van der Waals surface area contributed by atoms with E-state index in [4.69, 9.17) is 27.9 Å². The molecular weight excluding hydrogens is 553 g/mol. The minimum Gasteiger partial charge on any atom is -0.488 e. The average molecular weight is 567 g/mol. The van der Waals surface area contributed by atoms with Crippen LogP contribution >= 0.6 is 45.8 Å². The van der Waals surface area contributed by atoms with Crippen molar-refractivity contribution in [1.82, 2.24) is 0 Å². The summed E-state index contributed by atoms with van der Waals surface area (Å²) in [5, 5.41) is 12.7. The number of hydrogen-bond donors (Lipinski definition) is 1. The molecule has 1 N–H and O–H groups in total. The first kappa shape index (κ1) is 23.1. The van der Waals surface area contributed by atoms with E-state index in [-0.39, 0.29) is 11.4 Å². The predicted octanol–water partition coefficient (Wildman–Crippen LogP) is 6.86. The molecule has 0 aliphatic heterocycles. The van der Waals surface area contributed by atoms with Crippen LogP contribution in [-0.4, -0.2) is 5.91 Å². The van der Waals surface area contributed by atoms with Gasteiger partial charge in [0.05, 0.1) is 13.6 Å². The molecule has 31 heavy (non-hydrogen) atoms. The first-order chi connectivity index (χ1) is 14.9. The molecular formula is C23H14Cl2FIN2O2. The van der Waals surface area contributed by atoms with Crippen molar-refractivity contribution in [2.75, 3.05) is 5.32 Å². The van der Waals surface area contributed by atoms with Crippen LogP contribution in [0.5, 0.6) is 5.75 Å². The fourth-order valence-corrected chi connectivity index (χ4v) is 3.55. The van der Waals surface area contributed by atoms with Crippen molar-refractivity contribution in [1.29, 1.82) is 5.26 Å². The van der Waals surface area contributed by atoms with Gasteiger partial charge in [-0.1, -0.05) is 41.4 Å². The van der Waals surface area contributed by atoms with E-state index < -0.39 is 5.91 Å². The molecule has 4 nitrogen and oxygen atoms in total. The summed E-state index contributed by atoms with van der Waals surface area (Å²) >= 11 is 13.9. The summed E-state index contributed by atoms with van der Waals surface area (Å²) in [7, 11) is 0. The zero-order valence-electron chi connectivity index (χ0n) is 15.8. The van der Waals surface area contributed by atoms with Crippen LogP contribution in [0.1, 0.15) is 11.1 Å². The highest BCUT2D eigenvalue weighted by Crippen LogP contribution is 2.26. The first-order valence-corrected chi connectivity index (χ1v) is 10.7. The Bertz CT molecular complexity index is 1190. The summed E-state index contributed by atoms with van der Waals surface area (Å²) in [6.07, 6.45) is 1.48. The Kier molecular flexibility index (Phi) is 7.91. The molecule has 1 amide bonds. The molecule has 3 rings (SSSR count). The second-order valence-electron chi connectivity index (χ2n) is 6.36. The van der Waals surface area contributed by atoms with Gasteiger partial charge in [0.2, 0.25) is 0 Å². The number of nitrogens with zero attached hydrogens (tertiary/aromatic N) is 1. The average Bonchev–Trinajstić information content (AvgIpc) is 2.75. The van der Waals surface area contributed by atoms with Gasteiger partial charge in [0, 0.05) is 5.69 Å². The van der Waals surface area contributed by atoms with E-state index in [1.165, 1.54) is 24.3 Å². The van der Waals surface area contributed by atoms with E-state index in [9.17, 15) is 14.4 Å². The first-order valence-electron chi connectivity index (χ1n) is 8.90. The number of halogens is 4. The highest BCUT2D eigenvalue weighted by Gasteiger charge is 2.11. The molecule has 3 aromatic rings. The summed E-state index contributed by atoms with van der Waals surface area (Å²) in [4.78, 5) is 12.4. The molecule has 0 saturated heterocycles. The van der Waals surface area contributed by atoms with Crippen LogP contribution in [0.2, 0.25) is 10.0 Å². The van der Waals surface area contributed by atoms with Crippen LogP contribution in [-0.2, 0) is 11.4 Å². The molecule has 0 bridgehead atoms. The van der Waals surface area contributed by atoms with E-state index in [1.54, 1.807) is 42.5 Å². The summed E-state index contributed by atoms with van der Waals surface area (Å²) in [6.45, 7) is 0.293. The van der Waals surface area contributed by atoms with Crippen LogP contribution in [0.15, 0.2) is 66.2 Å². The SMILES string of the molecule is N#C/C(=C\c1ccc(OCc2ccc(F)cc2)c(I)c1)C(=O)Nc1ccc(Cl)c(Cl)c1. The number of nitriles is 1. The normalized spacial score (nSPS) is 11.0. The smallest absolute Gasteiger partial charge is 0.266 e. The Morgan fingerprint density at radius 2 is 1.84 bits per heavy atom. The molecule has 0 unspecified atom stereocenters. The third kappa shape index (κ3) is 6.44. The minimum absolute atomic E-state index is 0.0677. The Labute approximate surface area is 202 Å². The number of ether oxygens (including phenoxy) is 1. The molecule has 0 spiro atoms. The van der Waals surface area contributed by atoms with E-state index in [1.807, 2.05) is 6.07 Å². The number of rotatable bonds is 6. The van der Waals surface area contributed by atoms with Gasteiger partial charge < -0.3 is 10.1 Å². The van der Waals surface area contributed by atoms with Crippen molar-refractivity contribution < 1.29 is 13.9 Å². The lowest BCUT2D eigenvalue weighted by atomic mass is 10.1. The summed E-state index contributed by atoms with van der Waals surface area (Å²) in [5.74, 6) is -0.223. The van der Waals surface area contributed by atoms with Crippen molar-refractivity contribution in [3.05, 3.63) is 96.8 Å². The van der Waals surface area contributed by atoms with Crippen molar-refractivity contribution in [2.45, 2.75) is 6.61 Å². The lowest BCUT2D eigenvalue weighted by Crippen LogP contribution is -2.13. The van der Waals surface area contributed by atoms with E-state index >= 15 is 0 Å². The van der Waals surface area contributed by atoms with Gasteiger partial charge in [-0.2, -0.15) is 5.26 Å². The molecule has 0 fully saturated rings. The Morgan fingerprint density at radius 3 is 2.48 bits per heavy atom. The Balaban J connectivity index is 1.70. The lowest BCUT2D eigenvalue weighted by molar-refractivity contribution is -0.112. The summed E-state index contributed by atoms with van der Waals surface area (Å²) < 4.78 is 19.6. The molecule has 0 heterocycles. The van der Waals surface area contributed by atoms with Crippen molar-refractivity contribution in [3.8, 4) is 11.8 Å². The third-order valence-electron chi connectivity index (χ3n) is 4.12. The molecule has 0 radical (unpaired) electrons. The third-order valence-corrected chi connectivity index (χ3v) is 5.70. The van der Waals surface area contributed by atoms with Gasteiger partial charge in [0.15, 0.2) is 0 Å². The maximum absolute atomic E-state index is 13.0. The number of carbonyl (C=O) groups excluding carboxylic acids is 1. The molecule has 0 aliphatic carbocycles. The fourth-order valence-electron chi connectivity index (χ4n) is 2.55. The van der Waals surface area contributed by atoms with Gasteiger partial charge in [-0.3, -0.25) is 4.79 Å². The van der Waals surface area contributed by atoms with Crippen molar-refractivity contribution in [3.63, 3.8) is 0 Å². The molecule has 0 atom stereocenters. The topological polar surface area (TPSA) is 62.1 Å². The quantitative estimate of drug-likeness (QED) is 0.201. The van der Waals surface area contributed by atoms with Crippen LogP contribution in [0.4, 0.5) is 10.1 Å². The number of anilines is 1. The largest absolute Gasteiger partial charge is 0.488 e. The van der Waals surface area contributed by atoms with Gasteiger partial charge in [0.1, 0.15) is 29.8 Å². The van der Waals surface area contributed by atoms with Gasteiger partial charge >= 0.3 is 0 Å². The zero-order chi connectivity index (χ0) is 22.4. The summed E-state index contributed by atoms with van der Waals surface area (Å²) in [5.41, 5.74) is 1.87. The van der Waals surface area contributed by atoms with Crippen molar-refractivity contribution in [2.24, 2.45) is 0 Å². The lowest BCUT2D eigenvalue weighted by Gasteiger charge is -2.09. The van der Waals surface area contributed by atoms with Gasteiger partial charge in [0.25, 0.3) is 5.91 Å². The fraction of sp³-hybridized carbons (Fsp3) is 0.0435. The van der Waals surface area contributed by atoms with Crippen LogP contribution < -0.4 is 10.1 Å². The molecule has 8 heteroatoms. The number of amides is 1.